The molecule has 1 aliphatic heterocycles. The van der Waals surface area contributed by atoms with Gasteiger partial charge in [-0.15, -0.1) is 0 Å². The molecule has 0 spiro atoms. The highest BCUT2D eigenvalue weighted by Gasteiger charge is 2.26. The van der Waals surface area contributed by atoms with Gasteiger partial charge in [-0.05, 0) is 38.7 Å². The molecular weight excluding hydrogens is 256 g/mol. The Labute approximate surface area is 128 Å². The third kappa shape index (κ3) is 3.11. The second-order valence-electron chi connectivity index (χ2n) is 6.11. The molecule has 0 aromatic heterocycles. The van der Waals surface area contributed by atoms with Crippen LogP contribution in [0.4, 0.5) is 5.69 Å². The van der Waals surface area contributed by atoms with Gasteiger partial charge in [0, 0.05) is 18.2 Å². The zero-order valence-corrected chi connectivity index (χ0v) is 12.9. The minimum atomic E-state index is 0.442. The molecule has 0 saturated heterocycles. The van der Waals surface area contributed by atoms with Crippen molar-refractivity contribution in [3.05, 3.63) is 60.2 Å². The fourth-order valence-electron chi connectivity index (χ4n) is 3.19. The summed E-state index contributed by atoms with van der Waals surface area (Å²) >= 11 is 0. The van der Waals surface area contributed by atoms with Gasteiger partial charge in [-0.3, -0.25) is 0 Å². The lowest BCUT2D eigenvalue weighted by Crippen LogP contribution is -2.40. The molecule has 2 aliphatic rings. The number of para-hydroxylation sites is 1. The summed E-state index contributed by atoms with van der Waals surface area (Å²) in [6.07, 6.45) is 14.8. The van der Waals surface area contributed by atoms with Crippen LogP contribution >= 0.6 is 0 Å². The molecule has 2 heteroatoms. The van der Waals surface area contributed by atoms with Crippen LogP contribution in [-0.2, 0) is 0 Å². The largest absolute Gasteiger partial charge is 0.364 e. The van der Waals surface area contributed by atoms with Crippen molar-refractivity contribution in [2.45, 2.75) is 12.5 Å². The van der Waals surface area contributed by atoms with E-state index in [0.717, 1.165) is 13.1 Å². The van der Waals surface area contributed by atoms with E-state index in [0.29, 0.717) is 12.0 Å². The van der Waals surface area contributed by atoms with Crippen LogP contribution in [0.5, 0.6) is 0 Å². The highest BCUT2D eigenvalue weighted by molar-refractivity contribution is 5.71. The molecule has 0 fully saturated rings. The van der Waals surface area contributed by atoms with Crippen molar-refractivity contribution < 1.29 is 0 Å². The third-order valence-corrected chi connectivity index (χ3v) is 4.26. The molecular formula is C19H24N2. The Morgan fingerprint density at radius 3 is 2.71 bits per heavy atom. The van der Waals surface area contributed by atoms with E-state index in [1.807, 2.05) is 0 Å². The van der Waals surface area contributed by atoms with Gasteiger partial charge < -0.3 is 9.80 Å². The molecule has 0 amide bonds. The number of rotatable bonds is 4. The summed E-state index contributed by atoms with van der Waals surface area (Å²) in [5.74, 6) is 0.474. The Kier molecular flexibility index (Phi) is 4.26. The van der Waals surface area contributed by atoms with Crippen molar-refractivity contribution in [1.82, 2.24) is 4.90 Å². The summed E-state index contributed by atoms with van der Waals surface area (Å²) in [5.41, 5.74) is 2.69. The number of allylic oxidation sites excluding steroid dienone is 2. The van der Waals surface area contributed by atoms with E-state index >= 15 is 0 Å². The van der Waals surface area contributed by atoms with E-state index in [-0.39, 0.29) is 0 Å². The topological polar surface area (TPSA) is 6.48 Å². The molecule has 1 aromatic rings. The van der Waals surface area contributed by atoms with E-state index in [9.17, 15) is 0 Å². The second kappa shape index (κ2) is 6.31. The fourth-order valence-corrected chi connectivity index (χ4v) is 3.19. The third-order valence-electron chi connectivity index (χ3n) is 4.26. The van der Waals surface area contributed by atoms with Crippen molar-refractivity contribution in [2.75, 3.05) is 32.1 Å². The van der Waals surface area contributed by atoms with Gasteiger partial charge in [0.1, 0.15) is 0 Å². The van der Waals surface area contributed by atoms with Crippen molar-refractivity contribution in [1.29, 1.82) is 0 Å². The van der Waals surface area contributed by atoms with Crippen LogP contribution in [0.1, 0.15) is 12.0 Å². The first kappa shape index (κ1) is 14.2. The van der Waals surface area contributed by atoms with E-state index in [4.69, 9.17) is 0 Å². The van der Waals surface area contributed by atoms with E-state index in [1.165, 1.54) is 17.7 Å². The Balaban J connectivity index is 1.89. The normalized spacial score (nSPS) is 23.1. The van der Waals surface area contributed by atoms with Gasteiger partial charge in [-0.2, -0.15) is 0 Å². The Bertz CT molecular complexity index is 569. The summed E-state index contributed by atoms with van der Waals surface area (Å²) in [7, 11) is 4.29. The quantitative estimate of drug-likeness (QED) is 0.831. The van der Waals surface area contributed by atoms with Crippen LogP contribution in [0.25, 0.3) is 6.08 Å². The molecule has 0 bridgehead atoms. The lowest BCUT2D eigenvalue weighted by atomic mass is 9.94. The molecule has 1 aliphatic carbocycles. The van der Waals surface area contributed by atoms with Crippen molar-refractivity contribution in [3.8, 4) is 0 Å². The monoisotopic (exact) mass is 280 g/mol. The van der Waals surface area contributed by atoms with Crippen LogP contribution in [0.2, 0.25) is 0 Å². The summed E-state index contributed by atoms with van der Waals surface area (Å²) in [6.45, 7) is 2.22. The number of fused-ring (bicyclic) bond motifs is 2. The number of nitrogens with zero attached hydrogens (tertiary/aromatic N) is 2. The first-order chi connectivity index (χ1) is 10.3. The summed E-state index contributed by atoms with van der Waals surface area (Å²) in [4.78, 5) is 4.83. The molecule has 0 N–H and O–H groups in total. The smallest absolute Gasteiger partial charge is 0.0573 e. The minimum absolute atomic E-state index is 0.442. The van der Waals surface area contributed by atoms with E-state index in [2.05, 4.69) is 84.6 Å². The van der Waals surface area contributed by atoms with Gasteiger partial charge in [0.15, 0.2) is 0 Å². The summed E-state index contributed by atoms with van der Waals surface area (Å²) in [5, 5.41) is 0. The van der Waals surface area contributed by atoms with Gasteiger partial charge in [-0.25, -0.2) is 0 Å². The van der Waals surface area contributed by atoms with Crippen LogP contribution in [0.3, 0.4) is 0 Å². The molecule has 3 rings (SSSR count). The van der Waals surface area contributed by atoms with Crippen LogP contribution in [0, 0.1) is 5.92 Å². The SMILES string of the molecule is CN(C)CCCN1c2ccccc2C=CC2C=CC=CC21. The molecule has 2 unspecified atom stereocenters. The molecule has 2 atom stereocenters. The number of anilines is 1. The van der Waals surface area contributed by atoms with Gasteiger partial charge in [-0.1, -0.05) is 54.7 Å². The lowest BCUT2D eigenvalue weighted by molar-refractivity contribution is 0.397. The maximum absolute atomic E-state index is 2.57. The zero-order valence-electron chi connectivity index (χ0n) is 12.9. The zero-order chi connectivity index (χ0) is 14.7. The van der Waals surface area contributed by atoms with Crippen molar-refractivity contribution in [3.63, 3.8) is 0 Å². The van der Waals surface area contributed by atoms with Gasteiger partial charge in [0.25, 0.3) is 0 Å². The summed E-state index contributed by atoms with van der Waals surface area (Å²) in [6, 6.07) is 9.19. The maximum atomic E-state index is 2.57. The van der Waals surface area contributed by atoms with Gasteiger partial charge in [0.2, 0.25) is 0 Å². The van der Waals surface area contributed by atoms with Crippen molar-refractivity contribution in [2.24, 2.45) is 5.92 Å². The molecule has 21 heavy (non-hydrogen) atoms. The van der Waals surface area contributed by atoms with Gasteiger partial charge in [0.05, 0.1) is 6.04 Å². The lowest BCUT2D eigenvalue weighted by Gasteiger charge is -2.36. The molecule has 0 saturated carbocycles. The number of hydrogen-bond donors (Lipinski definition) is 0. The second-order valence-corrected chi connectivity index (χ2v) is 6.11. The van der Waals surface area contributed by atoms with E-state index < -0.39 is 0 Å². The molecule has 1 aromatic carbocycles. The van der Waals surface area contributed by atoms with Crippen LogP contribution in [-0.4, -0.2) is 38.1 Å². The number of hydrogen-bond acceptors (Lipinski definition) is 2. The molecule has 2 nitrogen and oxygen atoms in total. The molecule has 1 heterocycles. The average molecular weight is 280 g/mol. The number of benzene rings is 1. The first-order valence-corrected chi connectivity index (χ1v) is 7.79. The standard InChI is InChI=1S/C19H24N2/c1-20(2)14-7-15-21-18-10-5-3-8-16(18)12-13-17-9-4-6-11-19(17)21/h3-6,8-13,16,18H,7,14-15H2,1-2H3. The first-order valence-electron chi connectivity index (χ1n) is 7.79. The highest BCUT2D eigenvalue weighted by atomic mass is 15.2. The highest BCUT2D eigenvalue weighted by Crippen LogP contribution is 2.33. The van der Waals surface area contributed by atoms with Crippen LogP contribution in [0.15, 0.2) is 54.6 Å². The average Bonchev–Trinajstić information content (AvgIpc) is 2.65. The molecule has 0 radical (unpaired) electrons. The van der Waals surface area contributed by atoms with Gasteiger partial charge >= 0.3 is 0 Å². The molecule has 110 valence electrons. The predicted molar refractivity (Wildman–Crippen MR) is 91.6 cm³/mol. The fraction of sp³-hybridized carbons (Fsp3) is 0.368. The minimum Gasteiger partial charge on any atom is -0.364 e. The van der Waals surface area contributed by atoms with Crippen LogP contribution < -0.4 is 4.90 Å². The Morgan fingerprint density at radius 2 is 1.86 bits per heavy atom. The van der Waals surface area contributed by atoms with E-state index in [1.54, 1.807) is 0 Å². The Morgan fingerprint density at radius 1 is 1.05 bits per heavy atom. The summed E-state index contributed by atoms with van der Waals surface area (Å²) < 4.78 is 0. The maximum Gasteiger partial charge on any atom is 0.0573 e. The Hall–Kier alpha value is -1.80. The van der Waals surface area contributed by atoms with Crippen molar-refractivity contribution >= 4 is 11.8 Å². The predicted octanol–water partition coefficient (Wildman–Crippen LogP) is 3.58.